The minimum absolute atomic E-state index is 0.122. The number of alkyl halides is 3. The number of fused-ring (bicyclic) bond motifs is 3. The first kappa shape index (κ1) is 33.9. The Morgan fingerprint density at radius 2 is 1.98 bits per heavy atom. The number of nitrogens with one attached hydrogen (secondary N) is 1. The number of alkyl carbamates (subject to hydrolysis) is 1. The second-order valence-corrected chi connectivity index (χ2v) is 12.6. The number of aliphatic carboxylic acids is 1. The van der Waals surface area contributed by atoms with Crippen LogP contribution < -0.4 is 14.8 Å². The van der Waals surface area contributed by atoms with E-state index in [1.807, 2.05) is 0 Å². The molecule has 0 radical (unpaired) electrons. The zero-order chi connectivity index (χ0) is 33.2. The van der Waals surface area contributed by atoms with Gasteiger partial charge in [0.1, 0.15) is 29.0 Å². The Hall–Kier alpha value is -4.03. The van der Waals surface area contributed by atoms with Gasteiger partial charge in [-0.05, 0) is 71.1 Å². The molecule has 3 atom stereocenters. The van der Waals surface area contributed by atoms with E-state index < -0.39 is 58.9 Å². The highest BCUT2D eigenvalue weighted by atomic mass is 19.4. The fourth-order valence-corrected chi connectivity index (χ4v) is 5.96. The van der Waals surface area contributed by atoms with Crippen LogP contribution in [0.15, 0.2) is 30.9 Å². The summed E-state index contributed by atoms with van der Waals surface area (Å²) in [6, 6.07) is 2.06. The normalized spacial score (nSPS) is 20.3. The molecule has 4 rings (SSSR count). The molecule has 2 aliphatic rings. The first-order valence-electron chi connectivity index (χ1n) is 15.0. The number of ether oxygens (including phenoxy) is 3. The van der Waals surface area contributed by atoms with Crippen LogP contribution in [-0.2, 0) is 26.9 Å². The first-order valence-corrected chi connectivity index (χ1v) is 15.0. The fourth-order valence-electron chi connectivity index (χ4n) is 5.96. The van der Waals surface area contributed by atoms with Gasteiger partial charge in [0.2, 0.25) is 5.91 Å². The highest BCUT2D eigenvalue weighted by Gasteiger charge is 2.54. The maximum atomic E-state index is 14.3. The maximum Gasteiger partial charge on any atom is 0.437 e. The SMILES string of the molecule is C=CCCCCCC(NC(=O)OC(C)(C)C)C(=O)N1CC2(CCc3c(c(C(F)(F)F)nc4ccc(OC)cc34)O2)CC1C(=O)O. The molecule has 10 nitrogen and oxygen atoms in total. The van der Waals surface area contributed by atoms with Crippen LogP contribution in [0.5, 0.6) is 11.5 Å². The summed E-state index contributed by atoms with van der Waals surface area (Å²) in [5.41, 5.74) is -3.06. The Balaban J connectivity index is 1.66. The van der Waals surface area contributed by atoms with Gasteiger partial charge in [-0.2, -0.15) is 13.2 Å². The molecule has 3 heterocycles. The number of hydrogen-bond acceptors (Lipinski definition) is 7. The summed E-state index contributed by atoms with van der Waals surface area (Å²) in [4.78, 5) is 44.0. The van der Waals surface area contributed by atoms with Gasteiger partial charge in [-0.1, -0.05) is 18.9 Å². The van der Waals surface area contributed by atoms with Gasteiger partial charge in [0, 0.05) is 17.4 Å². The average Bonchev–Trinajstić information content (AvgIpc) is 3.32. The number of aromatic nitrogens is 1. The molecule has 1 fully saturated rings. The minimum atomic E-state index is -4.86. The summed E-state index contributed by atoms with van der Waals surface area (Å²) in [6.45, 7) is 8.43. The number of nitrogens with zero attached hydrogens (tertiary/aromatic N) is 2. The van der Waals surface area contributed by atoms with Crippen molar-refractivity contribution in [2.45, 2.75) is 102 Å². The molecular weight excluding hydrogens is 595 g/mol. The van der Waals surface area contributed by atoms with E-state index in [1.165, 1.54) is 19.2 Å². The molecule has 2 amide bonds. The van der Waals surface area contributed by atoms with Gasteiger partial charge in [0.05, 0.1) is 19.2 Å². The molecule has 13 heteroatoms. The second-order valence-electron chi connectivity index (χ2n) is 12.6. The number of carboxylic acid groups (broad SMARTS) is 1. The van der Waals surface area contributed by atoms with Crippen molar-refractivity contribution in [3.63, 3.8) is 0 Å². The number of carbonyl (C=O) groups excluding carboxylic acids is 2. The van der Waals surface area contributed by atoms with E-state index >= 15 is 0 Å². The van der Waals surface area contributed by atoms with Crippen LogP contribution >= 0.6 is 0 Å². The summed E-state index contributed by atoms with van der Waals surface area (Å²) < 4.78 is 59.6. The van der Waals surface area contributed by atoms with Gasteiger partial charge < -0.3 is 29.5 Å². The van der Waals surface area contributed by atoms with Crippen LogP contribution in [-0.4, -0.2) is 69.9 Å². The summed E-state index contributed by atoms with van der Waals surface area (Å²) >= 11 is 0. The van der Waals surface area contributed by atoms with E-state index in [0.717, 1.165) is 24.2 Å². The van der Waals surface area contributed by atoms with Crippen molar-refractivity contribution in [1.29, 1.82) is 0 Å². The van der Waals surface area contributed by atoms with Crippen LogP contribution in [0.2, 0.25) is 0 Å². The van der Waals surface area contributed by atoms with Crippen molar-refractivity contribution in [2.24, 2.45) is 0 Å². The number of amides is 2. The molecule has 2 aromatic rings. The highest BCUT2D eigenvalue weighted by molar-refractivity contribution is 5.90. The predicted octanol–water partition coefficient (Wildman–Crippen LogP) is 6.04. The lowest BCUT2D eigenvalue weighted by atomic mass is 9.87. The van der Waals surface area contributed by atoms with Crippen molar-refractivity contribution in [3.05, 3.63) is 42.1 Å². The Morgan fingerprint density at radius 3 is 2.60 bits per heavy atom. The third-order valence-corrected chi connectivity index (χ3v) is 8.03. The molecule has 3 unspecified atom stereocenters. The lowest BCUT2D eigenvalue weighted by molar-refractivity contribution is -0.149. The van der Waals surface area contributed by atoms with Crippen molar-refractivity contribution in [2.75, 3.05) is 13.7 Å². The molecule has 1 spiro atoms. The smallest absolute Gasteiger partial charge is 0.437 e. The van der Waals surface area contributed by atoms with Crippen molar-refractivity contribution >= 4 is 28.9 Å². The lowest BCUT2D eigenvalue weighted by Gasteiger charge is -2.37. The number of hydrogen-bond donors (Lipinski definition) is 2. The van der Waals surface area contributed by atoms with Gasteiger partial charge in [-0.15, -0.1) is 6.58 Å². The summed E-state index contributed by atoms with van der Waals surface area (Å²) in [6.07, 6.45) is -0.747. The topological polar surface area (TPSA) is 127 Å². The van der Waals surface area contributed by atoms with Crippen LogP contribution in [0.1, 0.15) is 77.0 Å². The van der Waals surface area contributed by atoms with E-state index in [9.17, 15) is 32.7 Å². The number of carboxylic acids is 1. The summed E-state index contributed by atoms with van der Waals surface area (Å²) in [7, 11) is 1.44. The standard InChI is InChI=1S/C32H40F3N3O7/c1-6-7-8-9-10-11-23(37-29(42)45-30(2,3)4)27(39)38-18-31(17-24(38)28(40)41)15-14-20-21-16-19(43-5)12-13-22(21)36-26(25(20)44-31)32(33,34)35/h6,12-13,16,23-24H,1,7-11,14-15,17-18H2,2-5H3,(H,37,42)(H,40,41). The van der Waals surface area contributed by atoms with Gasteiger partial charge in [0.15, 0.2) is 11.4 Å². The molecule has 2 aliphatic heterocycles. The van der Waals surface area contributed by atoms with Crippen molar-refractivity contribution < 1.29 is 46.9 Å². The van der Waals surface area contributed by atoms with E-state index in [2.05, 4.69) is 16.9 Å². The number of likely N-dealkylation sites (tertiary alicyclic amines) is 1. The van der Waals surface area contributed by atoms with Crippen molar-refractivity contribution in [3.8, 4) is 11.5 Å². The molecule has 45 heavy (non-hydrogen) atoms. The number of unbranched alkanes of at least 4 members (excludes halogenated alkanes) is 3. The van der Waals surface area contributed by atoms with E-state index in [4.69, 9.17) is 14.2 Å². The number of benzene rings is 1. The largest absolute Gasteiger partial charge is 0.497 e. The number of methoxy groups -OCH3 is 1. The van der Waals surface area contributed by atoms with Gasteiger partial charge in [0.25, 0.3) is 0 Å². The molecule has 0 bridgehead atoms. The van der Waals surface area contributed by atoms with Gasteiger partial charge >= 0.3 is 18.2 Å². The van der Waals surface area contributed by atoms with Gasteiger partial charge in [-0.25, -0.2) is 14.6 Å². The quantitative estimate of drug-likeness (QED) is 0.239. The fraction of sp³-hybridized carbons (Fsp3) is 0.562. The number of aryl methyl sites for hydroxylation is 1. The molecule has 1 saturated heterocycles. The molecule has 2 N–H and O–H groups in total. The third kappa shape index (κ3) is 7.80. The number of allylic oxidation sites excluding steroid dienone is 1. The number of pyridine rings is 1. The Labute approximate surface area is 259 Å². The zero-order valence-electron chi connectivity index (χ0n) is 26.0. The van der Waals surface area contributed by atoms with Crippen LogP contribution in [0.3, 0.4) is 0 Å². The minimum Gasteiger partial charge on any atom is -0.497 e. The second kappa shape index (κ2) is 13.1. The van der Waals surface area contributed by atoms with E-state index in [-0.39, 0.29) is 43.3 Å². The van der Waals surface area contributed by atoms with Gasteiger partial charge in [-0.3, -0.25) is 4.79 Å². The molecule has 0 saturated carbocycles. The number of rotatable bonds is 10. The maximum absolute atomic E-state index is 14.3. The Kier molecular flexibility index (Phi) is 9.88. The Morgan fingerprint density at radius 1 is 1.24 bits per heavy atom. The van der Waals surface area contributed by atoms with Crippen LogP contribution in [0.4, 0.5) is 18.0 Å². The monoisotopic (exact) mass is 635 g/mol. The number of halogens is 3. The molecule has 1 aromatic carbocycles. The van der Waals surface area contributed by atoms with E-state index in [1.54, 1.807) is 32.9 Å². The first-order chi connectivity index (χ1) is 21.1. The van der Waals surface area contributed by atoms with E-state index in [0.29, 0.717) is 17.6 Å². The summed E-state index contributed by atoms with van der Waals surface area (Å²) in [5, 5.41) is 13.2. The molecule has 1 aromatic heterocycles. The lowest BCUT2D eigenvalue weighted by Crippen LogP contribution is -2.53. The summed E-state index contributed by atoms with van der Waals surface area (Å²) in [5.74, 6) is -2.03. The highest BCUT2D eigenvalue weighted by Crippen LogP contribution is 2.48. The predicted molar refractivity (Wildman–Crippen MR) is 159 cm³/mol. The van der Waals surface area contributed by atoms with Crippen LogP contribution in [0, 0.1) is 0 Å². The zero-order valence-corrected chi connectivity index (χ0v) is 26.0. The van der Waals surface area contributed by atoms with Crippen molar-refractivity contribution in [1.82, 2.24) is 15.2 Å². The molecule has 246 valence electrons. The average molecular weight is 636 g/mol. The van der Waals surface area contributed by atoms with Crippen LogP contribution in [0.25, 0.3) is 10.9 Å². The third-order valence-electron chi connectivity index (χ3n) is 8.03. The number of carbonyl (C=O) groups is 3. The Bertz CT molecular complexity index is 1460. The molecular formula is C32H40F3N3O7. The molecule has 0 aliphatic carbocycles.